The number of aromatic nitrogens is 4. The molecule has 1 amide bonds. The SMILES string of the molecule is Cc1cc(C(=O)N2CCC[C@@H](CNS(=O)(=O)C(C)C)C2)ccc1-n1cnnn1. The fraction of sp³-hybridized carbons (Fsp3) is 0.556. The molecule has 0 spiro atoms. The minimum atomic E-state index is -3.29. The van der Waals surface area contributed by atoms with Gasteiger partial charge in [-0.2, -0.15) is 0 Å². The number of benzene rings is 1. The summed E-state index contributed by atoms with van der Waals surface area (Å²) in [6, 6.07) is 5.44. The van der Waals surface area contributed by atoms with Crippen LogP contribution >= 0.6 is 0 Å². The molecule has 2 heterocycles. The van der Waals surface area contributed by atoms with Gasteiger partial charge < -0.3 is 4.90 Å². The van der Waals surface area contributed by atoms with Gasteiger partial charge in [-0.05, 0) is 73.7 Å². The Morgan fingerprint density at radius 1 is 1.36 bits per heavy atom. The molecule has 1 aliphatic rings. The van der Waals surface area contributed by atoms with Crippen LogP contribution in [0.15, 0.2) is 24.5 Å². The van der Waals surface area contributed by atoms with Crippen LogP contribution < -0.4 is 4.72 Å². The summed E-state index contributed by atoms with van der Waals surface area (Å²) in [5.74, 6) is 0.0793. The molecular formula is C18H26N6O3S. The quantitative estimate of drug-likeness (QED) is 0.771. The average Bonchev–Trinajstić information content (AvgIpc) is 3.20. The zero-order valence-electron chi connectivity index (χ0n) is 16.4. The largest absolute Gasteiger partial charge is 0.338 e. The third-order valence-electron chi connectivity index (χ3n) is 5.04. The van der Waals surface area contributed by atoms with Crippen LogP contribution in [0.25, 0.3) is 5.69 Å². The van der Waals surface area contributed by atoms with Gasteiger partial charge in [0, 0.05) is 25.2 Å². The first kappa shape index (κ1) is 20.4. The molecule has 0 unspecified atom stereocenters. The first-order chi connectivity index (χ1) is 13.3. The summed E-state index contributed by atoms with van der Waals surface area (Å²) in [5.41, 5.74) is 2.33. The first-order valence-electron chi connectivity index (χ1n) is 9.39. The molecule has 0 aliphatic carbocycles. The number of sulfonamides is 1. The number of hydrogen-bond acceptors (Lipinski definition) is 6. The minimum Gasteiger partial charge on any atom is -0.338 e. The van der Waals surface area contributed by atoms with Crippen molar-refractivity contribution in [1.29, 1.82) is 0 Å². The van der Waals surface area contributed by atoms with Crippen molar-refractivity contribution in [3.05, 3.63) is 35.7 Å². The van der Waals surface area contributed by atoms with Gasteiger partial charge in [0.05, 0.1) is 10.9 Å². The minimum absolute atomic E-state index is 0.0391. The molecule has 1 aromatic heterocycles. The molecule has 1 N–H and O–H groups in total. The highest BCUT2D eigenvalue weighted by Crippen LogP contribution is 2.21. The molecule has 1 aromatic carbocycles. The van der Waals surface area contributed by atoms with Crippen molar-refractivity contribution in [3.63, 3.8) is 0 Å². The normalized spacial score (nSPS) is 17.9. The molecule has 2 aromatic rings. The lowest BCUT2D eigenvalue weighted by atomic mass is 9.97. The second-order valence-corrected chi connectivity index (χ2v) is 9.78. The van der Waals surface area contributed by atoms with Gasteiger partial charge in [0.15, 0.2) is 0 Å². The Bertz CT molecular complexity index is 927. The van der Waals surface area contributed by atoms with E-state index in [2.05, 4.69) is 20.2 Å². The zero-order chi connectivity index (χ0) is 20.3. The van der Waals surface area contributed by atoms with Crippen LogP contribution in [0.2, 0.25) is 0 Å². The third-order valence-corrected chi connectivity index (χ3v) is 6.85. The summed E-state index contributed by atoms with van der Waals surface area (Å²) in [5, 5.41) is 10.7. The van der Waals surface area contributed by atoms with E-state index in [0.29, 0.717) is 25.2 Å². The number of nitrogens with one attached hydrogen (secondary N) is 1. The number of carbonyl (C=O) groups is 1. The number of carbonyl (C=O) groups excluding carboxylic acids is 1. The van der Waals surface area contributed by atoms with Crippen molar-refractivity contribution in [3.8, 4) is 5.69 Å². The highest BCUT2D eigenvalue weighted by atomic mass is 32.2. The maximum atomic E-state index is 12.9. The number of rotatable bonds is 6. The second kappa shape index (κ2) is 8.36. The van der Waals surface area contributed by atoms with Gasteiger partial charge >= 0.3 is 0 Å². The third kappa shape index (κ3) is 4.56. The van der Waals surface area contributed by atoms with Crippen molar-refractivity contribution in [2.45, 2.75) is 38.9 Å². The number of hydrogen-bond donors (Lipinski definition) is 1. The van der Waals surface area contributed by atoms with E-state index in [1.54, 1.807) is 24.6 Å². The Balaban J connectivity index is 1.66. The number of amides is 1. The summed E-state index contributed by atoms with van der Waals surface area (Å²) in [6.45, 7) is 6.81. The molecular weight excluding hydrogens is 380 g/mol. The van der Waals surface area contributed by atoms with Crippen LogP contribution in [-0.4, -0.2) is 64.3 Å². The van der Waals surface area contributed by atoms with Gasteiger partial charge in [-0.3, -0.25) is 4.79 Å². The topological polar surface area (TPSA) is 110 Å². The lowest BCUT2D eigenvalue weighted by Gasteiger charge is -2.33. The predicted molar refractivity (Wildman–Crippen MR) is 105 cm³/mol. The van der Waals surface area contributed by atoms with Crippen molar-refractivity contribution in [2.75, 3.05) is 19.6 Å². The van der Waals surface area contributed by atoms with E-state index in [1.807, 2.05) is 24.0 Å². The van der Waals surface area contributed by atoms with E-state index in [1.165, 1.54) is 6.33 Å². The number of nitrogens with zero attached hydrogens (tertiary/aromatic N) is 5. The highest BCUT2D eigenvalue weighted by Gasteiger charge is 2.26. The molecule has 0 radical (unpaired) electrons. The molecule has 28 heavy (non-hydrogen) atoms. The van der Waals surface area contributed by atoms with Crippen LogP contribution in [0.3, 0.4) is 0 Å². The van der Waals surface area contributed by atoms with Gasteiger partial charge in [0.2, 0.25) is 10.0 Å². The molecule has 1 atom stereocenters. The first-order valence-corrected chi connectivity index (χ1v) is 10.9. The Labute approximate surface area is 165 Å². The summed E-state index contributed by atoms with van der Waals surface area (Å²) in [6.07, 6.45) is 3.28. The summed E-state index contributed by atoms with van der Waals surface area (Å²) < 4.78 is 28.2. The number of likely N-dealkylation sites (tertiary alicyclic amines) is 1. The molecule has 1 saturated heterocycles. The van der Waals surface area contributed by atoms with E-state index in [9.17, 15) is 13.2 Å². The molecule has 10 heteroatoms. The van der Waals surface area contributed by atoms with E-state index < -0.39 is 15.3 Å². The fourth-order valence-corrected chi connectivity index (χ4v) is 4.12. The fourth-order valence-electron chi connectivity index (χ4n) is 3.32. The summed E-state index contributed by atoms with van der Waals surface area (Å²) in [7, 11) is -3.29. The highest BCUT2D eigenvalue weighted by molar-refractivity contribution is 7.90. The Kier molecular flexibility index (Phi) is 6.09. The molecule has 3 rings (SSSR count). The maximum absolute atomic E-state index is 12.9. The number of tetrazole rings is 1. The Morgan fingerprint density at radius 2 is 2.14 bits per heavy atom. The standard InChI is InChI=1S/C18H26N6O3S/c1-13(2)28(26,27)20-10-15-5-4-8-23(11-15)18(25)16-6-7-17(14(3)9-16)24-12-19-21-22-24/h6-7,9,12-13,15,20H,4-5,8,10-11H2,1-3H3/t15-/m0/s1. The van der Waals surface area contributed by atoms with Crippen LogP contribution in [0.1, 0.15) is 42.6 Å². The van der Waals surface area contributed by atoms with Crippen LogP contribution in [0, 0.1) is 12.8 Å². The van der Waals surface area contributed by atoms with Crippen molar-refractivity contribution in [1.82, 2.24) is 29.8 Å². The van der Waals surface area contributed by atoms with E-state index in [4.69, 9.17) is 0 Å². The lowest BCUT2D eigenvalue weighted by Crippen LogP contribution is -2.44. The number of piperidine rings is 1. The van der Waals surface area contributed by atoms with Crippen molar-refractivity contribution in [2.24, 2.45) is 5.92 Å². The van der Waals surface area contributed by atoms with Crippen LogP contribution in [0.5, 0.6) is 0 Å². The second-order valence-electron chi connectivity index (χ2n) is 7.46. The summed E-state index contributed by atoms with van der Waals surface area (Å²) in [4.78, 5) is 14.8. The van der Waals surface area contributed by atoms with E-state index in [-0.39, 0.29) is 11.8 Å². The Morgan fingerprint density at radius 3 is 2.79 bits per heavy atom. The van der Waals surface area contributed by atoms with Gasteiger partial charge in [0.25, 0.3) is 5.91 Å². The van der Waals surface area contributed by atoms with Gasteiger partial charge in [-0.1, -0.05) is 0 Å². The monoisotopic (exact) mass is 406 g/mol. The van der Waals surface area contributed by atoms with Gasteiger partial charge in [-0.15, -0.1) is 5.10 Å². The molecule has 9 nitrogen and oxygen atoms in total. The van der Waals surface area contributed by atoms with Crippen molar-refractivity contribution < 1.29 is 13.2 Å². The van der Waals surface area contributed by atoms with Crippen LogP contribution in [-0.2, 0) is 10.0 Å². The van der Waals surface area contributed by atoms with Crippen LogP contribution in [0.4, 0.5) is 0 Å². The number of aryl methyl sites for hydroxylation is 1. The zero-order valence-corrected chi connectivity index (χ0v) is 17.2. The Hall–Kier alpha value is -2.33. The smallest absolute Gasteiger partial charge is 0.253 e. The van der Waals surface area contributed by atoms with E-state index in [0.717, 1.165) is 24.1 Å². The molecule has 0 bridgehead atoms. The average molecular weight is 407 g/mol. The lowest BCUT2D eigenvalue weighted by molar-refractivity contribution is 0.0676. The molecule has 152 valence electrons. The predicted octanol–water partition coefficient (Wildman–Crippen LogP) is 1.15. The maximum Gasteiger partial charge on any atom is 0.253 e. The molecule has 1 fully saturated rings. The molecule has 1 aliphatic heterocycles. The van der Waals surface area contributed by atoms with Crippen molar-refractivity contribution >= 4 is 15.9 Å². The van der Waals surface area contributed by atoms with Gasteiger partial charge in [-0.25, -0.2) is 17.8 Å². The van der Waals surface area contributed by atoms with Gasteiger partial charge in [0.1, 0.15) is 6.33 Å². The molecule has 0 saturated carbocycles. The van der Waals surface area contributed by atoms with E-state index >= 15 is 0 Å². The summed E-state index contributed by atoms with van der Waals surface area (Å²) >= 11 is 0.